The van der Waals surface area contributed by atoms with Crippen LogP contribution in [-0.2, 0) is 14.4 Å². The van der Waals surface area contributed by atoms with Gasteiger partial charge in [0.05, 0.1) is 6.04 Å². The molecule has 0 saturated heterocycles. The van der Waals surface area contributed by atoms with Gasteiger partial charge in [-0.3, -0.25) is 9.59 Å². The van der Waals surface area contributed by atoms with Crippen LogP contribution in [0.2, 0.25) is 0 Å². The second-order valence-electron chi connectivity index (χ2n) is 8.25. The number of carbonyl (C=O) groups excluding carboxylic acids is 2. The van der Waals surface area contributed by atoms with Crippen molar-refractivity contribution in [2.45, 2.75) is 70.0 Å². The topological polar surface area (TPSA) is 122 Å². The molecule has 0 aromatic carbocycles. The van der Waals surface area contributed by atoms with Crippen molar-refractivity contribution in [3.8, 4) is 0 Å². The molecule has 5 N–H and O–H groups in total. The monoisotopic (exact) mass is 351 g/mol. The van der Waals surface area contributed by atoms with Crippen LogP contribution in [0.5, 0.6) is 0 Å². The Kier molecular flexibility index (Phi) is 5.32. The summed E-state index contributed by atoms with van der Waals surface area (Å²) in [5, 5.41) is 15.2. The quantitative estimate of drug-likeness (QED) is 0.511. The molecule has 7 heteroatoms. The predicted molar refractivity (Wildman–Crippen MR) is 91.4 cm³/mol. The van der Waals surface area contributed by atoms with Gasteiger partial charge in [-0.05, 0) is 69.1 Å². The molecule has 0 spiro atoms. The van der Waals surface area contributed by atoms with E-state index in [1.165, 1.54) is 32.1 Å². The molecule has 0 aromatic heterocycles. The SMILES string of the molecule is CC(NC1C2CC3CC(C2)CC1C3)C(=O)N[C@H](CCC(N)=O)C(=O)O. The molecule has 140 valence electrons. The van der Waals surface area contributed by atoms with Gasteiger partial charge in [-0.25, -0.2) is 4.79 Å². The summed E-state index contributed by atoms with van der Waals surface area (Å²) in [5.74, 6) is 1.00. The lowest BCUT2D eigenvalue weighted by Gasteiger charge is -2.55. The molecule has 2 amide bonds. The molecule has 25 heavy (non-hydrogen) atoms. The Balaban J connectivity index is 1.53. The minimum atomic E-state index is -1.14. The van der Waals surface area contributed by atoms with Gasteiger partial charge in [0, 0.05) is 12.5 Å². The third-order valence-corrected chi connectivity index (χ3v) is 6.36. The summed E-state index contributed by atoms with van der Waals surface area (Å²) in [5.41, 5.74) is 5.07. The summed E-state index contributed by atoms with van der Waals surface area (Å²) in [7, 11) is 0. The summed E-state index contributed by atoms with van der Waals surface area (Å²) >= 11 is 0. The van der Waals surface area contributed by atoms with Crippen molar-refractivity contribution in [1.29, 1.82) is 0 Å². The van der Waals surface area contributed by atoms with Gasteiger partial charge in [-0.15, -0.1) is 0 Å². The van der Waals surface area contributed by atoms with Crippen LogP contribution in [0, 0.1) is 23.7 Å². The third-order valence-electron chi connectivity index (χ3n) is 6.36. The van der Waals surface area contributed by atoms with Gasteiger partial charge in [-0.2, -0.15) is 0 Å². The zero-order chi connectivity index (χ0) is 18.1. The maximum atomic E-state index is 12.4. The van der Waals surface area contributed by atoms with Crippen LogP contribution in [0.25, 0.3) is 0 Å². The molecule has 0 radical (unpaired) electrons. The lowest BCUT2D eigenvalue weighted by Crippen LogP contribution is -2.59. The van der Waals surface area contributed by atoms with Crippen molar-refractivity contribution in [2.24, 2.45) is 29.4 Å². The van der Waals surface area contributed by atoms with E-state index in [2.05, 4.69) is 10.6 Å². The standard InChI is InChI=1S/C18H29N3O4/c1-9(17(23)21-14(18(24)25)2-3-15(19)22)20-16-12-5-10-4-11(7-12)8-13(16)6-10/h9-14,16,20H,2-8H2,1H3,(H2,19,22)(H,21,23)(H,24,25)/t9?,10?,11?,12?,13?,14-,16?/m1/s1. The number of carboxylic acid groups (broad SMARTS) is 1. The highest BCUT2D eigenvalue weighted by atomic mass is 16.4. The highest BCUT2D eigenvalue weighted by Gasteiger charge is 2.48. The number of hydrogen-bond donors (Lipinski definition) is 4. The number of nitrogens with one attached hydrogen (secondary N) is 2. The fourth-order valence-electron chi connectivity index (χ4n) is 5.40. The van der Waals surface area contributed by atoms with Crippen molar-refractivity contribution >= 4 is 17.8 Å². The fraction of sp³-hybridized carbons (Fsp3) is 0.833. The van der Waals surface area contributed by atoms with E-state index >= 15 is 0 Å². The first-order chi connectivity index (χ1) is 11.8. The molecule has 4 bridgehead atoms. The number of primary amides is 1. The number of amides is 2. The molecule has 4 aliphatic rings. The van der Waals surface area contributed by atoms with Crippen molar-refractivity contribution in [1.82, 2.24) is 10.6 Å². The van der Waals surface area contributed by atoms with Gasteiger partial charge in [0.15, 0.2) is 0 Å². The van der Waals surface area contributed by atoms with Gasteiger partial charge < -0.3 is 21.5 Å². The predicted octanol–water partition coefficient (Wildman–Crippen LogP) is 0.624. The summed E-state index contributed by atoms with van der Waals surface area (Å²) in [6.45, 7) is 1.79. The van der Waals surface area contributed by atoms with Gasteiger partial charge in [0.2, 0.25) is 11.8 Å². The second kappa shape index (κ2) is 7.32. The Morgan fingerprint density at radius 3 is 2.12 bits per heavy atom. The summed E-state index contributed by atoms with van der Waals surface area (Å²) in [6, 6.07) is -1.16. The zero-order valence-corrected chi connectivity index (χ0v) is 14.7. The van der Waals surface area contributed by atoms with E-state index in [1.54, 1.807) is 6.92 Å². The lowest BCUT2D eigenvalue weighted by molar-refractivity contribution is -0.142. The molecule has 0 aromatic rings. The molecule has 7 nitrogen and oxygen atoms in total. The van der Waals surface area contributed by atoms with Crippen molar-refractivity contribution in [2.75, 3.05) is 0 Å². The highest BCUT2D eigenvalue weighted by molar-refractivity contribution is 5.87. The third kappa shape index (κ3) is 4.14. The summed E-state index contributed by atoms with van der Waals surface area (Å²) in [6.07, 6.45) is 6.38. The normalized spacial score (nSPS) is 35.2. The minimum Gasteiger partial charge on any atom is -0.480 e. The van der Waals surface area contributed by atoms with E-state index in [-0.39, 0.29) is 18.7 Å². The maximum absolute atomic E-state index is 12.4. The molecule has 4 saturated carbocycles. The molecule has 4 fully saturated rings. The molecule has 4 aliphatic carbocycles. The van der Waals surface area contributed by atoms with E-state index in [1.807, 2.05) is 0 Å². The van der Waals surface area contributed by atoms with Crippen molar-refractivity contribution < 1.29 is 19.5 Å². The van der Waals surface area contributed by atoms with Crippen LogP contribution in [0.1, 0.15) is 51.9 Å². The van der Waals surface area contributed by atoms with Crippen LogP contribution in [0.15, 0.2) is 0 Å². The Morgan fingerprint density at radius 1 is 1.08 bits per heavy atom. The first-order valence-corrected chi connectivity index (χ1v) is 9.41. The zero-order valence-electron chi connectivity index (χ0n) is 14.7. The summed E-state index contributed by atoms with van der Waals surface area (Å²) in [4.78, 5) is 34.5. The van der Waals surface area contributed by atoms with E-state index in [0.717, 1.165) is 11.8 Å². The van der Waals surface area contributed by atoms with E-state index in [9.17, 15) is 19.5 Å². The molecule has 1 unspecified atom stereocenters. The fourth-order valence-corrected chi connectivity index (χ4v) is 5.40. The van der Waals surface area contributed by atoms with Crippen LogP contribution in [0.3, 0.4) is 0 Å². The van der Waals surface area contributed by atoms with Crippen LogP contribution in [-0.4, -0.2) is 41.0 Å². The number of nitrogens with two attached hydrogens (primary N) is 1. The van der Waals surface area contributed by atoms with Crippen molar-refractivity contribution in [3.05, 3.63) is 0 Å². The molecule has 0 aliphatic heterocycles. The largest absolute Gasteiger partial charge is 0.480 e. The Bertz CT molecular complexity index is 522. The number of carboxylic acids is 1. The second-order valence-corrected chi connectivity index (χ2v) is 8.25. The molecule has 2 atom stereocenters. The van der Waals surface area contributed by atoms with Gasteiger partial charge in [0.25, 0.3) is 0 Å². The number of hydrogen-bond acceptors (Lipinski definition) is 4. The van der Waals surface area contributed by atoms with Crippen LogP contribution in [0.4, 0.5) is 0 Å². The average molecular weight is 351 g/mol. The average Bonchev–Trinajstić information content (AvgIpc) is 2.53. The molecular weight excluding hydrogens is 322 g/mol. The van der Waals surface area contributed by atoms with Crippen molar-refractivity contribution in [3.63, 3.8) is 0 Å². The first-order valence-electron chi connectivity index (χ1n) is 9.41. The maximum Gasteiger partial charge on any atom is 0.326 e. The number of rotatable bonds is 8. The van der Waals surface area contributed by atoms with E-state index < -0.39 is 24.0 Å². The van der Waals surface area contributed by atoms with Gasteiger partial charge in [-0.1, -0.05) is 0 Å². The first kappa shape index (κ1) is 18.2. The van der Waals surface area contributed by atoms with E-state index in [0.29, 0.717) is 17.9 Å². The highest BCUT2D eigenvalue weighted by Crippen LogP contribution is 2.53. The Hall–Kier alpha value is -1.63. The Morgan fingerprint density at radius 2 is 1.64 bits per heavy atom. The van der Waals surface area contributed by atoms with Gasteiger partial charge in [0.1, 0.15) is 6.04 Å². The van der Waals surface area contributed by atoms with Gasteiger partial charge >= 0.3 is 5.97 Å². The number of carbonyl (C=O) groups is 3. The summed E-state index contributed by atoms with van der Waals surface area (Å²) < 4.78 is 0. The Labute approximate surface area is 148 Å². The molecule has 4 rings (SSSR count). The lowest BCUT2D eigenvalue weighted by atomic mass is 9.54. The molecular formula is C18H29N3O4. The minimum absolute atomic E-state index is 0.0150. The molecule has 0 heterocycles. The smallest absolute Gasteiger partial charge is 0.326 e. The van der Waals surface area contributed by atoms with Crippen LogP contribution >= 0.6 is 0 Å². The number of aliphatic carboxylic acids is 1. The van der Waals surface area contributed by atoms with E-state index in [4.69, 9.17) is 5.73 Å². The van der Waals surface area contributed by atoms with Crippen LogP contribution < -0.4 is 16.4 Å².